The Balaban J connectivity index is 1.11. The molecule has 0 atom stereocenters. The van der Waals surface area contributed by atoms with Gasteiger partial charge in [0.2, 0.25) is 0 Å². The van der Waals surface area contributed by atoms with Crippen LogP contribution >= 0.6 is 11.3 Å². The Morgan fingerprint density at radius 3 is 1.46 bits per heavy atom. The highest BCUT2D eigenvalue weighted by atomic mass is 32.1. The van der Waals surface area contributed by atoms with E-state index in [1.54, 1.807) is 0 Å². The molecule has 0 aliphatic heterocycles. The van der Waals surface area contributed by atoms with Crippen molar-refractivity contribution in [3.8, 4) is 84.4 Å². The summed E-state index contributed by atoms with van der Waals surface area (Å²) < 4.78 is 4.87. The zero-order valence-corrected chi connectivity index (χ0v) is 37.6. The van der Waals surface area contributed by atoms with Crippen LogP contribution in [0.3, 0.4) is 0 Å². The minimum absolute atomic E-state index is 0.611. The Hall–Kier alpha value is -8.77. The van der Waals surface area contributed by atoms with Gasteiger partial charge in [0.05, 0.1) is 11.0 Å². The number of aromatic nitrogens is 4. The zero-order valence-electron chi connectivity index (χ0n) is 36.8. The lowest BCUT2D eigenvalue weighted by molar-refractivity contribution is 1.07. The van der Waals surface area contributed by atoms with E-state index in [0.717, 1.165) is 66.9 Å². The highest BCUT2D eigenvalue weighted by molar-refractivity contribution is 7.26. The molecule has 0 spiro atoms. The molecule has 0 unspecified atom stereocenters. The second-order valence-electron chi connectivity index (χ2n) is 17.1. The molecule has 0 bridgehead atoms. The first-order chi connectivity index (χ1) is 33.7. The summed E-state index contributed by atoms with van der Waals surface area (Å²) in [5.74, 6) is 1.86. The fourth-order valence-corrected chi connectivity index (χ4v) is 11.3. The molecule has 68 heavy (non-hydrogen) atoms. The summed E-state index contributed by atoms with van der Waals surface area (Å²) in [4.78, 5) is 15.9. The van der Waals surface area contributed by atoms with Crippen LogP contribution < -0.4 is 0 Å². The van der Waals surface area contributed by atoms with Crippen LogP contribution in [0.1, 0.15) is 0 Å². The Kier molecular flexibility index (Phi) is 9.66. The molecule has 5 heteroatoms. The first kappa shape index (κ1) is 39.6. The van der Waals surface area contributed by atoms with Gasteiger partial charge in [0, 0.05) is 58.9 Å². The number of benzene rings is 10. The van der Waals surface area contributed by atoms with Crippen molar-refractivity contribution in [3.05, 3.63) is 243 Å². The van der Waals surface area contributed by atoms with E-state index in [2.05, 4.69) is 211 Å². The number of para-hydroxylation sites is 2. The van der Waals surface area contributed by atoms with Gasteiger partial charge in [0.1, 0.15) is 0 Å². The largest absolute Gasteiger partial charge is 0.309 e. The summed E-state index contributed by atoms with van der Waals surface area (Å²) in [6, 6.07) is 86.3. The van der Waals surface area contributed by atoms with Gasteiger partial charge in [-0.2, -0.15) is 0 Å². The maximum atomic E-state index is 5.39. The van der Waals surface area contributed by atoms with Gasteiger partial charge in [-0.05, 0) is 75.3 Å². The molecule has 3 heterocycles. The molecule has 0 saturated carbocycles. The molecule has 318 valence electrons. The second kappa shape index (κ2) is 16.6. The third-order valence-electron chi connectivity index (χ3n) is 13.1. The van der Waals surface area contributed by atoms with Gasteiger partial charge in [0.25, 0.3) is 0 Å². The smallest absolute Gasteiger partial charge is 0.164 e. The van der Waals surface area contributed by atoms with Crippen LogP contribution in [0.25, 0.3) is 126 Å². The number of nitrogens with zero attached hydrogens (tertiary/aromatic N) is 4. The molecule has 10 aromatic carbocycles. The number of hydrogen-bond acceptors (Lipinski definition) is 4. The van der Waals surface area contributed by atoms with Crippen molar-refractivity contribution in [2.24, 2.45) is 0 Å². The minimum atomic E-state index is 0.611. The Labute approximate surface area is 397 Å². The third-order valence-corrected chi connectivity index (χ3v) is 14.3. The zero-order chi connectivity index (χ0) is 45.0. The van der Waals surface area contributed by atoms with E-state index in [4.69, 9.17) is 15.0 Å². The summed E-state index contributed by atoms with van der Waals surface area (Å²) >= 11 is 1.85. The SMILES string of the molecule is c1ccc(-c2nc(-c3ccccc3)nc(-c3cc(-c4c(-c5ccccc5)cccc4-c4ccccc4)ccc3-c3cccc4c3sc3ccc5c(c6ccccc6n5-c5ccccc5)c34)n2)cc1. The molecule has 0 saturated heterocycles. The van der Waals surface area contributed by atoms with Crippen molar-refractivity contribution >= 4 is 53.3 Å². The van der Waals surface area contributed by atoms with Crippen molar-refractivity contribution in [2.45, 2.75) is 0 Å². The summed E-state index contributed by atoms with van der Waals surface area (Å²) in [7, 11) is 0. The Morgan fingerprint density at radius 2 is 0.824 bits per heavy atom. The molecule has 0 fully saturated rings. The van der Waals surface area contributed by atoms with Crippen molar-refractivity contribution in [3.63, 3.8) is 0 Å². The molecule has 0 aliphatic carbocycles. The molecule has 0 amide bonds. The standard InChI is InChI=1S/C63H40N4S/c1-6-20-41(21-7-1)47-31-18-32-48(42-22-8-2-9-23-42)57(47)45-36-37-49(53(40-45)63-65-61(43-24-10-3-11-25-43)64-62(66-63)44-26-12-4-13-27-44)50-33-19-34-52-59-56(68-60(50)52)39-38-55-58(59)51-30-16-17-35-54(51)67(55)46-28-14-5-15-29-46/h1-40H. The lowest BCUT2D eigenvalue weighted by atomic mass is 9.85. The van der Waals surface area contributed by atoms with Crippen LogP contribution in [0.4, 0.5) is 0 Å². The van der Waals surface area contributed by atoms with E-state index in [9.17, 15) is 0 Å². The van der Waals surface area contributed by atoms with Gasteiger partial charge in [-0.1, -0.05) is 206 Å². The first-order valence-electron chi connectivity index (χ1n) is 22.9. The average molecular weight is 885 g/mol. The molecule has 13 rings (SSSR count). The topological polar surface area (TPSA) is 43.6 Å². The maximum Gasteiger partial charge on any atom is 0.164 e. The highest BCUT2D eigenvalue weighted by Gasteiger charge is 2.23. The van der Waals surface area contributed by atoms with Crippen LogP contribution in [0.2, 0.25) is 0 Å². The number of rotatable bonds is 8. The minimum Gasteiger partial charge on any atom is -0.309 e. The van der Waals surface area contributed by atoms with Gasteiger partial charge in [0.15, 0.2) is 17.5 Å². The molecule has 4 nitrogen and oxygen atoms in total. The van der Waals surface area contributed by atoms with Crippen molar-refractivity contribution in [1.29, 1.82) is 0 Å². The van der Waals surface area contributed by atoms with Gasteiger partial charge >= 0.3 is 0 Å². The van der Waals surface area contributed by atoms with Crippen LogP contribution in [0.5, 0.6) is 0 Å². The van der Waals surface area contributed by atoms with E-state index in [1.807, 2.05) is 47.7 Å². The fraction of sp³-hybridized carbons (Fsp3) is 0. The van der Waals surface area contributed by atoms with E-state index in [-0.39, 0.29) is 0 Å². The average Bonchev–Trinajstić information content (AvgIpc) is 3.98. The Morgan fingerprint density at radius 1 is 0.309 bits per heavy atom. The highest BCUT2D eigenvalue weighted by Crippen LogP contribution is 2.49. The van der Waals surface area contributed by atoms with Crippen LogP contribution in [0.15, 0.2) is 243 Å². The molecular weight excluding hydrogens is 845 g/mol. The van der Waals surface area contributed by atoms with Crippen LogP contribution in [-0.4, -0.2) is 19.5 Å². The molecule has 3 aromatic heterocycles. The fourth-order valence-electron chi connectivity index (χ4n) is 10.0. The van der Waals surface area contributed by atoms with Crippen molar-refractivity contribution in [1.82, 2.24) is 19.5 Å². The van der Waals surface area contributed by atoms with Gasteiger partial charge in [-0.25, -0.2) is 15.0 Å². The summed E-state index contributed by atoms with van der Waals surface area (Å²) in [5, 5.41) is 5.01. The summed E-state index contributed by atoms with van der Waals surface area (Å²) in [5.41, 5.74) is 15.3. The maximum absolute atomic E-state index is 5.39. The lowest BCUT2D eigenvalue weighted by Gasteiger charge is -2.19. The summed E-state index contributed by atoms with van der Waals surface area (Å²) in [6.45, 7) is 0. The van der Waals surface area contributed by atoms with Crippen molar-refractivity contribution < 1.29 is 0 Å². The van der Waals surface area contributed by atoms with Crippen LogP contribution in [-0.2, 0) is 0 Å². The predicted molar refractivity (Wildman–Crippen MR) is 285 cm³/mol. The normalized spacial score (nSPS) is 11.5. The summed E-state index contributed by atoms with van der Waals surface area (Å²) in [6.07, 6.45) is 0. The quantitative estimate of drug-likeness (QED) is 0.153. The molecule has 13 aromatic rings. The molecule has 0 aliphatic rings. The van der Waals surface area contributed by atoms with E-state index < -0.39 is 0 Å². The van der Waals surface area contributed by atoms with Gasteiger partial charge < -0.3 is 4.57 Å². The van der Waals surface area contributed by atoms with E-state index in [0.29, 0.717) is 17.5 Å². The lowest BCUT2D eigenvalue weighted by Crippen LogP contribution is -2.01. The number of fused-ring (bicyclic) bond motifs is 7. The predicted octanol–water partition coefficient (Wildman–Crippen LogP) is 17.0. The van der Waals surface area contributed by atoms with E-state index in [1.165, 1.54) is 42.0 Å². The number of hydrogen-bond donors (Lipinski definition) is 0. The molecule has 0 radical (unpaired) electrons. The second-order valence-corrected chi connectivity index (χ2v) is 18.1. The van der Waals surface area contributed by atoms with E-state index >= 15 is 0 Å². The third kappa shape index (κ3) is 6.71. The monoisotopic (exact) mass is 884 g/mol. The van der Waals surface area contributed by atoms with Crippen LogP contribution in [0, 0.1) is 0 Å². The Bertz CT molecular complexity index is 3880. The molecule has 0 N–H and O–H groups in total. The molecular formula is C63H40N4S. The van der Waals surface area contributed by atoms with Crippen molar-refractivity contribution in [2.75, 3.05) is 0 Å². The van der Waals surface area contributed by atoms with Gasteiger partial charge in [-0.15, -0.1) is 11.3 Å². The van der Waals surface area contributed by atoms with Gasteiger partial charge in [-0.3, -0.25) is 0 Å². The first-order valence-corrected chi connectivity index (χ1v) is 23.8. The number of thiophene rings is 1.